The van der Waals surface area contributed by atoms with Gasteiger partial charge in [0.1, 0.15) is 5.75 Å². The molecule has 1 amide bonds. The van der Waals surface area contributed by atoms with E-state index in [0.717, 1.165) is 0 Å². The molecule has 0 heterocycles. The molecule has 2 aromatic rings. The minimum atomic E-state index is -0.570. The highest BCUT2D eigenvalue weighted by atomic mass is 35.5. The van der Waals surface area contributed by atoms with E-state index >= 15 is 0 Å². The maximum atomic E-state index is 12.3. The van der Waals surface area contributed by atoms with E-state index in [1.807, 2.05) is 18.2 Å². The van der Waals surface area contributed by atoms with Gasteiger partial charge in [-0.05, 0) is 54.7 Å². The lowest BCUT2D eigenvalue weighted by Gasteiger charge is -2.22. The molecule has 3 rings (SSSR count). The zero-order chi connectivity index (χ0) is 19.9. The van der Waals surface area contributed by atoms with Gasteiger partial charge < -0.3 is 14.8 Å². The van der Waals surface area contributed by atoms with E-state index < -0.39 is 5.97 Å². The Labute approximate surface area is 170 Å². The molecule has 1 N–H and O–H groups in total. The average Bonchev–Trinajstić information content (AvgIpc) is 2.74. The lowest BCUT2D eigenvalue weighted by molar-refractivity contribution is -0.118. The number of carbonyl (C=O) groups excluding carboxylic acids is 2. The Kier molecular flexibility index (Phi) is 6.93. The van der Waals surface area contributed by atoms with Gasteiger partial charge in [0.15, 0.2) is 6.61 Å². The van der Waals surface area contributed by atoms with Crippen molar-refractivity contribution in [1.82, 2.24) is 0 Å². The first-order valence-electron chi connectivity index (χ1n) is 9.47. The summed E-state index contributed by atoms with van der Waals surface area (Å²) in [4.78, 5) is 24.2. The van der Waals surface area contributed by atoms with E-state index in [2.05, 4.69) is 11.4 Å². The Morgan fingerprint density at radius 2 is 1.89 bits per heavy atom. The Morgan fingerprint density at radius 1 is 1.11 bits per heavy atom. The van der Waals surface area contributed by atoms with Gasteiger partial charge in [0.25, 0.3) is 5.91 Å². The van der Waals surface area contributed by atoms with Gasteiger partial charge in [-0.2, -0.15) is 0 Å². The molecule has 0 bridgehead atoms. The van der Waals surface area contributed by atoms with Crippen LogP contribution < -0.4 is 10.1 Å². The first-order chi connectivity index (χ1) is 13.6. The molecule has 28 heavy (non-hydrogen) atoms. The second kappa shape index (κ2) is 9.60. The molecule has 2 aromatic carbocycles. The topological polar surface area (TPSA) is 64.6 Å². The Hall–Kier alpha value is -2.53. The van der Waals surface area contributed by atoms with Crippen LogP contribution in [0.5, 0.6) is 5.75 Å². The largest absolute Gasteiger partial charge is 0.484 e. The Balaban J connectivity index is 1.61. The van der Waals surface area contributed by atoms with Crippen LogP contribution in [0.4, 0.5) is 5.69 Å². The number of amides is 1. The minimum Gasteiger partial charge on any atom is -0.484 e. The second-order valence-electron chi connectivity index (χ2n) is 6.93. The number of methoxy groups -OCH3 is 1. The lowest BCUT2D eigenvalue weighted by Crippen LogP contribution is -2.22. The number of hydrogen-bond acceptors (Lipinski definition) is 4. The maximum Gasteiger partial charge on any atom is 0.340 e. The fourth-order valence-electron chi connectivity index (χ4n) is 3.53. The first kappa shape index (κ1) is 20.2. The van der Waals surface area contributed by atoms with Crippen LogP contribution in [-0.4, -0.2) is 25.6 Å². The fourth-order valence-corrected chi connectivity index (χ4v) is 3.71. The van der Waals surface area contributed by atoms with Crippen LogP contribution in [0.25, 0.3) is 0 Å². The smallest absolute Gasteiger partial charge is 0.340 e. The van der Waals surface area contributed by atoms with Crippen LogP contribution in [0.3, 0.4) is 0 Å². The van der Waals surface area contributed by atoms with Crippen molar-refractivity contribution in [2.45, 2.75) is 38.0 Å². The molecule has 0 spiro atoms. The van der Waals surface area contributed by atoms with E-state index in [-0.39, 0.29) is 18.1 Å². The quantitative estimate of drug-likeness (QED) is 0.676. The third-order valence-electron chi connectivity index (χ3n) is 4.97. The molecule has 0 saturated heterocycles. The molecule has 0 atom stereocenters. The van der Waals surface area contributed by atoms with E-state index in [9.17, 15) is 9.59 Å². The molecule has 1 fully saturated rings. The fraction of sp³-hybridized carbons (Fsp3) is 0.364. The van der Waals surface area contributed by atoms with E-state index in [1.165, 1.54) is 50.8 Å². The van der Waals surface area contributed by atoms with Crippen LogP contribution >= 0.6 is 11.6 Å². The van der Waals surface area contributed by atoms with Crippen molar-refractivity contribution < 1.29 is 19.1 Å². The first-order valence-corrected chi connectivity index (χ1v) is 9.85. The SMILES string of the molecule is COC(=O)c1cc(Cl)ccc1NC(=O)COc1cccc(C2CCCCC2)c1. The number of hydrogen-bond donors (Lipinski definition) is 1. The summed E-state index contributed by atoms with van der Waals surface area (Å²) in [7, 11) is 1.28. The molecular weight excluding hydrogens is 378 g/mol. The van der Waals surface area contributed by atoms with Crippen molar-refractivity contribution in [3.63, 3.8) is 0 Å². The number of carbonyl (C=O) groups is 2. The molecule has 148 valence electrons. The number of halogens is 1. The lowest BCUT2D eigenvalue weighted by atomic mass is 9.84. The number of esters is 1. The zero-order valence-electron chi connectivity index (χ0n) is 15.9. The molecule has 6 heteroatoms. The maximum absolute atomic E-state index is 12.3. The highest BCUT2D eigenvalue weighted by Crippen LogP contribution is 2.33. The highest BCUT2D eigenvalue weighted by molar-refractivity contribution is 6.31. The molecule has 0 aromatic heterocycles. The number of ether oxygens (including phenoxy) is 2. The third-order valence-corrected chi connectivity index (χ3v) is 5.20. The van der Waals surface area contributed by atoms with Crippen molar-refractivity contribution >= 4 is 29.2 Å². The summed E-state index contributed by atoms with van der Waals surface area (Å²) in [6, 6.07) is 12.6. The van der Waals surface area contributed by atoms with Crippen LogP contribution in [0.2, 0.25) is 5.02 Å². The van der Waals surface area contributed by atoms with Crippen LogP contribution in [0.1, 0.15) is 53.9 Å². The monoisotopic (exact) mass is 401 g/mol. The van der Waals surface area contributed by atoms with Gasteiger partial charge in [0.2, 0.25) is 0 Å². The van der Waals surface area contributed by atoms with Crippen LogP contribution in [0.15, 0.2) is 42.5 Å². The highest BCUT2D eigenvalue weighted by Gasteiger charge is 2.17. The summed E-state index contributed by atoms with van der Waals surface area (Å²) in [6.45, 7) is -0.155. The summed E-state index contributed by atoms with van der Waals surface area (Å²) < 4.78 is 10.4. The predicted octanol–water partition coefficient (Wildman–Crippen LogP) is 5.19. The van der Waals surface area contributed by atoms with Crippen molar-refractivity contribution in [2.24, 2.45) is 0 Å². The zero-order valence-corrected chi connectivity index (χ0v) is 16.6. The predicted molar refractivity (Wildman–Crippen MR) is 109 cm³/mol. The van der Waals surface area contributed by atoms with Crippen LogP contribution in [-0.2, 0) is 9.53 Å². The van der Waals surface area contributed by atoms with E-state index in [4.69, 9.17) is 21.1 Å². The summed E-state index contributed by atoms with van der Waals surface area (Å²) >= 11 is 5.93. The normalized spacial score (nSPS) is 14.4. The number of nitrogens with one attached hydrogen (secondary N) is 1. The van der Waals surface area contributed by atoms with Gasteiger partial charge in [-0.1, -0.05) is 43.0 Å². The standard InChI is InChI=1S/C22H24ClNO4/c1-27-22(26)19-13-17(23)10-11-20(19)24-21(25)14-28-18-9-5-8-16(12-18)15-6-3-2-4-7-15/h5,8-13,15H,2-4,6-7,14H2,1H3,(H,24,25). The second-order valence-corrected chi connectivity index (χ2v) is 7.36. The summed E-state index contributed by atoms with van der Waals surface area (Å²) in [5.74, 6) is 0.305. The van der Waals surface area contributed by atoms with Crippen molar-refractivity contribution in [1.29, 1.82) is 0 Å². The van der Waals surface area contributed by atoms with Crippen molar-refractivity contribution in [3.05, 3.63) is 58.6 Å². The van der Waals surface area contributed by atoms with Gasteiger partial charge in [0.05, 0.1) is 18.4 Å². The van der Waals surface area contributed by atoms with Crippen molar-refractivity contribution in [2.75, 3.05) is 19.0 Å². The Morgan fingerprint density at radius 3 is 2.64 bits per heavy atom. The molecule has 0 aliphatic heterocycles. The van der Waals surface area contributed by atoms with Crippen molar-refractivity contribution in [3.8, 4) is 5.75 Å². The van der Waals surface area contributed by atoms with Gasteiger partial charge in [-0.25, -0.2) is 4.79 Å². The number of anilines is 1. The summed E-state index contributed by atoms with van der Waals surface area (Å²) in [6.07, 6.45) is 6.25. The van der Waals surface area contributed by atoms with E-state index in [1.54, 1.807) is 12.1 Å². The molecule has 5 nitrogen and oxygen atoms in total. The molecule has 1 saturated carbocycles. The molecule has 0 unspecified atom stereocenters. The summed E-state index contributed by atoms with van der Waals surface area (Å²) in [5, 5.41) is 3.06. The minimum absolute atomic E-state index is 0.155. The molecule has 1 aliphatic carbocycles. The molecule has 0 radical (unpaired) electrons. The molecule has 1 aliphatic rings. The van der Waals surface area contributed by atoms with Crippen LogP contribution in [0, 0.1) is 0 Å². The van der Waals surface area contributed by atoms with Gasteiger partial charge >= 0.3 is 5.97 Å². The summed E-state index contributed by atoms with van der Waals surface area (Å²) in [5.41, 5.74) is 1.80. The average molecular weight is 402 g/mol. The van der Waals surface area contributed by atoms with E-state index in [0.29, 0.717) is 22.4 Å². The molecular formula is C22H24ClNO4. The van der Waals surface area contributed by atoms with Gasteiger partial charge in [-0.3, -0.25) is 4.79 Å². The van der Waals surface area contributed by atoms with Gasteiger partial charge in [0, 0.05) is 5.02 Å². The van der Waals surface area contributed by atoms with Gasteiger partial charge in [-0.15, -0.1) is 0 Å². The number of rotatable bonds is 6. The third kappa shape index (κ3) is 5.26. The Bertz CT molecular complexity index is 846. The number of benzene rings is 2.